The standard InChI is InChI=1S/C21H18ClN5O3/c22-18-12-16(27(29)30)6-7-17(18)21(28)26-10-8-25(9-11-26)20-13-19(23-14-24-20)15-4-2-1-3-5-15/h1-7,12-14H,8-11H2. The molecule has 0 unspecified atom stereocenters. The van der Waals surface area contributed by atoms with Gasteiger partial charge in [-0.05, 0) is 6.07 Å². The lowest BCUT2D eigenvalue weighted by Gasteiger charge is -2.35. The number of carbonyl (C=O) groups excluding carboxylic acids is 1. The quantitative estimate of drug-likeness (QED) is 0.469. The molecule has 2 heterocycles. The van der Waals surface area contributed by atoms with E-state index in [4.69, 9.17) is 11.6 Å². The topological polar surface area (TPSA) is 92.5 Å². The Morgan fingerprint density at radius 1 is 1.00 bits per heavy atom. The predicted molar refractivity (Wildman–Crippen MR) is 114 cm³/mol. The first-order valence-electron chi connectivity index (χ1n) is 9.38. The summed E-state index contributed by atoms with van der Waals surface area (Å²) in [7, 11) is 0. The van der Waals surface area contributed by atoms with E-state index in [1.807, 2.05) is 36.4 Å². The van der Waals surface area contributed by atoms with E-state index < -0.39 is 4.92 Å². The van der Waals surface area contributed by atoms with Gasteiger partial charge < -0.3 is 9.80 Å². The van der Waals surface area contributed by atoms with Crippen LogP contribution in [0.5, 0.6) is 0 Å². The van der Waals surface area contributed by atoms with Crippen LogP contribution in [-0.4, -0.2) is 51.9 Å². The summed E-state index contributed by atoms with van der Waals surface area (Å²) < 4.78 is 0. The Morgan fingerprint density at radius 3 is 2.40 bits per heavy atom. The fourth-order valence-corrected chi connectivity index (χ4v) is 3.64. The van der Waals surface area contributed by atoms with Gasteiger partial charge in [0.1, 0.15) is 12.1 Å². The first kappa shape index (κ1) is 19.8. The van der Waals surface area contributed by atoms with E-state index in [9.17, 15) is 14.9 Å². The normalized spacial score (nSPS) is 13.9. The van der Waals surface area contributed by atoms with Crippen LogP contribution < -0.4 is 4.90 Å². The fraction of sp³-hybridized carbons (Fsp3) is 0.190. The summed E-state index contributed by atoms with van der Waals surface area (Å²) in [5, 5.41) is 10.9. The second kappa shape index (κ2) is 8.46. The number of carbonyl (C=O) groups is 1. The molecule has 9 heteroatoms. The summed E-state index contributed by atoms with van der Waals surface area (Å²) >= 11 is 6.11. The smallest absolute Gasteiger partial charge is 0.270 e. The number of nitrogens with zero attached hydrogens (tertiary/aromatic N) is 5. The Balaban J connectivity index is 1.44. The van der Waals surface area contributed by atoms with Crippen molar-refractivity contribution < 1.29 is 9.72 Å². The number of amides is 1. The van der Waals surface area contributed by atoms with E-state index in [0.717, 1.165) is 17.1 Å². The summed E-state index contributed by atoms with van der Waals surface area (Å²) in [6, 6.07) is 15.7. The number of benzene rings is 2. The van der Waals surface area contributed by atoms with Gasteiger partial charge in [0.15, 0.2) is 0 Å². The molecule has 1 aliphatic heterocycles. The number of hydrogen-bond donors (Lipinski definition) is 0. The van der Waals surface area contributed by atoms with Crippen molar-refractivity contribution >= 4 is 29.0 Å². The zero-order valence-corrected chi connectivity index (χ0v) is 16.7. The number of non-ortho nitro benzene ring substituents is 1. The number of aromatic nitrogens is 2. The monoisotopic (exact) mass is 423 g/mol. The van der Waals surface area contributed by atoms with Crippen LogP contribution in [0.2, 0.25) is 5.02 Å². The molecular weight excluding hydrogens is 406 g/mol. The van der Waals surface area contributed by atoms with Gasteiger partial charge in [-0.1, -0.05) is 41.9 Å². The number of piperazine rings is 1. The highest BCUT2D eigenvalue weighted by molar-refractivity contribution is 6.34. The van der Waals surface area contributed by atoms with Gasteiger partial charge in [0.2, 0.25) is 0 Å². The van der Waals surface area contributed by atoms with Crippen LogP contribution in [0.4, 0.5) is 11.5 Å². The average molecular weight is 424 g/mol. The molecule has 8 nitrogen and oxygen atoms in total. The van der Waals surface area contributed by atoms with Crippen LogP contribution >= 0.6 is 11.6 Å². The zero-order valence-electron chi connectivity index (χ0n) is 15.9. The maximum absolute atomic E-state index is 12.8. The summed E-state index contributed by atoms with van der Waals surface area (Å²) in [6.07, 6.45) is 1.55. The van der Waals surface area contributed by atoms with Crippen LogP contribution in [0.15, 0.2) is 60.9 Å². The van der Waals surface area contributed by atoms with Gasteiger partial charge in [-0.15, -0.1) is 0 Å². The lowest BCUT2D eigenvalue weighted by molar-refractivity contribution is -0.384. The van der Waals surface area contributed by atoms with Crippen molar-refractivity contribution in [3.63, 3.8) is 0 Å². The number of nitro groups is 1. The average Bonchev–Trinajstić information content (AvgIpc) is 2.79. The van der Waals surface area contributed by atoms with Crippen molar-refractivity contribution in [1.82, 2.24) is 14.9 Å². The second-order valence-electron chi connectivity index (χ2n) is 6.83. The van der Waals surface area contributed by atoms with Gasteiger partial charge in [0, 0.05) is 49.9 Å². The van der Waals surface area contributed by atoms with E-state index in [0.29, 0.717) is 26.2 Å². The molecule has 0 radical (unpaired) electrons. The highest BCUT2D eigenvalue weighted by Gasteiger charge is 2.25. The zero-order chi connectivity index (χ0) is 21.1. The maximum atomic E-state index is 12.8. The molecule has 1 aromatic heterocycles. The second-order valence-corrected chi connectivity index (χ2v) is 7.24. The van der Waals surface area contributed by atoms with E-state index in [1.54, 1.807) is 11.2 Å². The molecule has 0 saturated carbocycles. The Hall–Kier alpha value is -3.52. The molecule has 152 valence electrons. The number of nitro benzene ring substituents is 1. The van der Waals surface area contributed by atoms with Crippen molar-refractivity contribution in [3.05, 3.63) is 81.6 Å². The lowest BCUT2D eigenvalue weighted by atomic mass is 10.1. The highest BCUT2D eigenvalue weighted by Crippen LogP contribution is 2.25. The van der Waals surface area contributed by atoms with Gasteiger partial charge in [-0.2, -0.15) is 0 Å². The van der Waals surface area contributed by atoms with Crippen molar-refractivity contribution in [2.24, 2.45) is 0 Å². The first-order valence-corrected chi connectivity index (χ1v) is 9.76. The molecule has 1 fully saturated rings. The molecule has 4 rings (SSSR count). The third-order valence-electron chi connectivity index (χ3n) is 5.01. The SMILES string of the molecule is O=C(c1ccc([N+](=O)[O-])cc1Cl)N1CCN(c2cc(-c3ccccc3)ncn2)CC1. The number of hydrogen-bond acceptors (Lipinski definition) is 6. The summed E-state index contributed by atoms with van der Waals surface area (Å²) in [6.45, 7) is 2.22. The molecule has 1 aliphatic rings. The maximum Gasteiger partial charge on any atom is 0.270 e. The molecule has 0 bridgehead atoms. The van der Waals surface area contributed by atoms with E-state index in [-0.39, 0.29) is 22.2 Å². The Kier molecular flexibility index (Phi) is 5.58. The Bertz CT molecular complexity index is 1090. The minimum atomic E-state index is -0.537. The minimum absolute atomic E-state index is 0.0833. The van der Waals surface area contributed by atoms with Crippen LogP contribution in [0.3, 0.4) is 0 Å². The minimum Gasteiger partial charge on any atom is -0.353 e. The van der Waals surface area contributed by atoms with Crippen LogP contribution in [0.25, 0.3) is 11.3 Å². The van der Waals surface area contributed by atoms with Gasteiger partial charge in [0.05, 0.1) is 21.2 Å². The summed E-state index contributed by atoms with van der Waals surface area (Å²) in [4.78, 5) is 35.7. The van der Waals surface area contributed by atoms with Crippen molar-refractivity contribution in [3.8, 4) is 11.3 Å². The molecule has 3 aromatic rings. The van der Waals surface area contributed by atoms with Gasteiger partial charge in [-0.3, -0.25) is 14.9 Å². The van der Waals surface area contributed by atoms with E-state index >= 15 is 0 Å². The third-order valence-corrected chi connectivity index (χ3v) is 5.32. The lowest BCUT2D eigenvalue weighted by Crippen LogP contribution is -2.49. The van der Waals surface area contributed by atoms with Crippen LogP contribution in [-0.2, 0) is 0 Å². The molecule has 1 amide bonds. The van der Waals surface area contributed by atoms with Crippen molar-refractivity contribution in [1.29, 1.82) is 0 Å². The molecule has 0 aliphatic carbocycles. The predicted octanol–water partition coefficient (Wildman–Crippen LogP) is 3.67. The van der Waals surface area contributed by atoms with Crippen LogP contribution in [0.1, 0.15) is 10.4 Å². The fourth-order valence-electron chi connectivity index (χ4n) is 3.39. The number of rotatable bonds is 4. The van der Waals surface area contributed by atoms with Gasteiger partial charge in [-0.25, -0.2) is 9.97 Å². The van der Waals surface area contributed by atoms with Gasteiger partial charge in [0.25, 0.3) is 11.6 Å². The molecule has 0 atom stereocenters. The number of halogens is 1. The molecule has 2 aromatic carbocycles. The van der Waals surface area contributed by atoms with Gasteiger partial charge >= 0.3 is 0 Å². The van der Waals surface area contributed by atoms with Crippen molar-refractivity contribution in [2.45, 2.75) is 0 Å². The van der Waals surface area contributed by atoms with E-state index in [1.165, 1.54) is 18.2 Å². The Morgan fingerprint density at radius 2 is 1.73 bits per heavy atom. The molecule has 0 N–H and O–H groups in total. The summed E-state index contributed by atoms with van der Waals surface area (Å²) in [5.41, 5.74) is 1.99. The van der Waals surface area contributed by atoms with E-state index in [2.05, 4.69) is 14.9 Å². The third kappa shape index (κ3) is 4.08. The van der Waals surface area contributed by atoms with Crippen LogP contribution in [0, 0.1) is 10.1 Å². The molecule has 1 saturated heterocycles. The Labute approximate surface area is 177 Å². The highest BCUT2D eigenvalue weighted by atomic mass is 35.5. The first-order chi connectivity index (χ1) is 14.5. The molecule has 30 heavy (non-hydrogen) atoms. The summed E-state index contributed by atoms with van der Waals surface area (Å²) in [5.74, 6) is 0.575. The molecular formula is C21H18ClN5O3. The van der Waals surface area contributed by atoms with Crippen molar-refractivity contribution in [2.75, 3.05) is 31.1 Å². The number of anilines is 1. The molecule has 0 spiro atoms. The largest absolute Gasteiger partial charge is 0.353 e.